The normalized spacial score (nSPS) is 13.4. The van der Waals surface area contributed by atoms with Crippen LogP contribution >= 0.6 is 7.80 Å². The fraction of sp³-hybridized carbons (Fsp3) is 0.478. The van der Waals surface area contributed by atoms with Gasteiger partial charge in [0.25, 0.3) is 0 Å². The number of ether oxygens (including phenoxy) is 2. The third kappa shape index (κ3) is 5.83. The van der Waals surface area contributed by atoms with Gasteiger partial charge < -0.3 is 9.47 Å². The number of hydrogen-bond acceptors (Lipinski definition) is 2. The van der Waals surface area contributed by atoms with Crippen LogP contribution in [0.4, 0.5) is 0 Å². The lowest BCUT2D eigenvalue weighted by atomic mass is 9.79. The summed E-state index contributed by atoms with van der Waals surface area (Å²) in [4.78, 5) is 0. The van der Waals surface area contributed by atoms with Gasteiger partial charge in [0.2, 0.25) is 0 Å². The minimum atomic E-state index is -0.800. The van der Waals surface area contributed by atoms with Gasteiger partial charge in [-0.2, -0.15) is 0 Å². The first-order valence-electron chi connectivity index (χ1n) is 9.41. The monoisotopic (exact) mass is 382 g/mol. The zero-order valence-electron chi connectivity index (χ0n) is 17.8. The Labute approximate surface area is 167 Å². The quantitative estimate of drug-likeness (QED) is 0.365. The summed E-state index contributed by atoms with van der Waals surface area (Å²) >= 11 is 0. The predicted octanol–water partition coefficient (Wildman–Crippen LogP) is 5.66. The van der Waals surface area contributed by atoms with Crippen molar-refractivity contribution in [2.45, 2.75) is 58.5 Å². The molecule has 1 unspecified atom stereocenters. The maximum absolute atomic E-state index is 6.62. The van der Waals surface area contributed by atoms with Crippen LogP contribution in [0.5, 0.6) is 5.75 Å². The SMILES string of the molecule is [B]P(Cc1cc(C(C)(C)C)cc(C(C)(C)C)c1OCOC)c1ccccc1. The summed E-state index contributed by atoms with van der Waals surface area (Å²) in [6, 6.07) is 14.9. The Morgan fingerprint density at radius 1 is 0.926 bits per heavy atom. The van der Waals surface area contributed by atoms with Crippen LogP contribution < -0.4 is 10.0 Å². The Kier molecular flexibility index (Phi) is 7.17. The first-order valence-corrected chi connectivity index (χ1v) is 11.0. The Hall–Kier alpha value is -1.31. The van der Waals surface area contributed by atoms with Crippen LogP contribution in [0.25, 0.3) is 0 Å². The van der Waals surface area contributed by atoms with Gasteiger partial charge in [-0.15, -0.1) is 7.80 Å². The molecule has 4 heteroatoms. The molecule has 2 aromatic carbocycles. The molecule has 0 amide bonds. The zero-order chi connectivity index (χ0) is 20.2. The van der Waals surface area contributed by atoms with E-state index in [1.165, 1.54) is 22.0 Å². The highest BCUT2D eigenvalue weighted by Gasteiger charge is 2.26. The molecule has 2 radical (unpaired) electrons. The van der Waals surface area contributed by atoms with Crippen molar-refractivity contribution in [3.63, 3.8) is 0 Å². The fourth-order valence-corrected chi connectivity index (χ4v) is 4.32. The zero-order valence-corrected chi connectivity index (χ0v) is 18.7. The standard InChI is InChI=1S/C23H32BO2P/c1-22(2,3)18-13-17(15-27(24)19-11-9-8-10-12-19)21(26-16-25-7)20(14-18)23(4,5)6/h8-14H,15-16H2,1-7H3. The van der Waals surface area contributed by atoms with E-state index in [4.69, 9.17) is 17.0 Å². The molecule has 0 spiro atoms. The van der Waals surface area contributed by atoms with Gasteiger partial charge in [0, 0.05) is 12.7 Å². The minimum Gasteiger partial charge on any atom is -0.467 e. The summed E-state index contributed by atoms with van der Waals surface area (Å²) in [5, 5.41) is 1.20. The van der Waals surface area contributed by atoms with Gasteiger partial charge in [0.05, 0.1) is 0 Å². The van der Waals surface area contributed by atoms with Gasteiger partial charge in [-0.3, -0.25) is 0 Å². The number of benzene rings is 2. The Balaban J connectivity index is 2.57. The van der Waals surface area contributed by atoms with Crippen molar-refractivity contribution < 1.29 is 9.47 Å². The van der Waals surface area contributed by atoms with Gasteiger partial charge in [0.1, 0.15) is 13.3 Å². The maximum atomic E-state index is 6.62. The summed E-state index contributed by atoms with van der Waals surface area (Å²) in [6.45, 7) is 13.6. The highest BCUT2D eigenvalue weighted by molar-refractivity contribution is 7.87. The average Bonchev–Trinajstić information content (AvgIpc) is 2.59. The first-order chi connectivity index (χ1) is 12.5. The summed E-state index contributed by atoms with van der Waals surface area (Å²) < 4.78 is 11.3. The first kappa shape index (κ1) is 22.0. The van der Waals surface area contributed by atoms with Crippen LogP contribution in [0.2, 0.25) is 0 Å². The molecule has 2 aromatic rings. The van der Waals surface area contributed by atoms with Gasteiger partial charge in [0.15, 0.2) is 6.79 Å². The third-order valence-electron chi connectivity index (χ3n) is 4.59. The highest BCUT2D eigenvalue weighted by atomic mass is 31.1. The van der Waals surface area contributed by atoms with Crippen LogP contribution in [0.3, 0.4) is 0 Å². The third-order valence-corrected chi connectivity index (χ3v) is 6.23. The van der Waals surface area contributed by atoms with E-state index in [1.807, 2.05) is 18.2 Å². The second-order valence-electron chi connectivity index (χ2n) is 9.03. The summed E-state index contributed by atoms with van der Waals surface area (Å²) in [5.74, 6) is 0.922. The van der Waals surface area contributed by atoms with Crippen LogP contribution in [0.15, 0.2) is 42.5 Å². The van der Waals surface area contributed by atoms with Crippen LogP contribution in [-0.2, 0) is 21.7 Å². The molecular weight excluding hydrogens is 350 g/mol. The van der Waals surface area contributed by atoms with E-state index in [-0.39, 0.29) is 17.6 Å². The van der Waals surface area contributed by atoms with Gasteiger partial charge in [-0.05, 0) is 33.4 Å². The van der Waals surface area contributed by atoms with Crippen molar-refractivity contribution in [1.29, 1.82) is 0 Å². The van der Waals surface area contributed by atoms with E-state index in [0.717, 1.165) is 11.9 Å². The molecule has 0 aliphatic carbocycles. The molecule has 0 saturated heterocycles. The van der Waals surface area contributed by atoms with E-state index < -0.39 is 7.80 Å². The Morgan fingerprint density at radius 3 is 2.07 bits per heavy atom. The van der Waals surface area contributed by atoms with Gasteiger partial charge >= 0.3 is 0 Å². The van der Waals surface area contributed by atoms with Crippen molar-refractivity contribution in [3.05, 3.63) is 59.2 Å². The predicted molar refractivity (Wildman–Crippen MR) is 119 cm³/mol. The van der Waals surface area contributed by atoms with Gasteiger partial charge in [-0.1, -0.05) is 84.0 Å². The smallest absolute Gasteiger partial charge is 0.188 e. The molecule has 0 aromatic heterocycles. The van der Waals surface area contributed by atoms with Crippen molar-refractivity contribution >= 4 is 20.7 Å². The molecule has 2 nitrogen and oxygen atoms in total. The molecule has 27 heavy (non-hydrogen) atoms. The molecular formula is C23H32BO2P. The largest absolute Gasteiger partial charge is 0.467 e. The Bertz CT molecular complexity index is 745. The second-order valence-corrected chi connectivity index (χ2v) is 10.8. The molecule has 144 valence electrons. The van der Waals surface area contributed by atoms with E-state index >= 15 is 0 Å². The lowest BCUT2D eigenvalue weighted by Crippen LogP contribution is -2.20. The number of hydrogen-bond donors (Lipinski definition) is 0. The van der Waals surface area contributed by atoms with Crippen molar-refractivity contribution in [2.75, 3.05) is 13.9 Å². The van der Waals surface area contributed by atoms with E-state index in [9.17, 15) is 0 Å². The summed E-state index contributed by atoms with van der Waals surface area (Å²) in [7, 11) is 7.47. The van der Waals surface area contributed by atoms with Crippen LogP contribution in [-0.4, -0.2) is 21.5 Å². The van der Waals surface area contributed by atoms with E-state index in [1.54, 1.807) is 7.11 Å². The molecule has 0 heterocycles. The molecule has 2 rings (SSSR count). The van der Waals surface area contributed by atoms with E-state index in [0.29, 0.717) is 0 Å². The number of methoxy groups -OCH3 is 1. The molecule has 0 aliphatic rings. The molecule has 0 fully saturated rings. The fourth-order valence-electron chi connectivity index (χ4n) is 2.98. The lowest BCUT2D eigenvalue weighted by Gasteiger charge is -2.30. The lowest BCUT2D eigenvalue weighted by molar-refractivity contribution is 0.0492. The van der Waals surface area contributed by atoms with Gasteiger partial charge in [-0.25, -0.2) is 0 Å². The average molecular weight is 382 g/mol. The van der Waals surface area contributed by atoms with E-state index in [2.05, 4.69) is 65.8 Å². The molecule has 1 atom stereocenters. The summed E-state index contributed by atoms with van der Waals surface area (Å²) in [5.41, 5.74) is 3.70. The number of rotatable bonds is 6. The maximum Gasteiger partial charge on any atom is 0.188 e. The molecule has 0 N–H and O–H groups in total. The van der Waals surface area contributed by atoms with Crippen LogP contribution in [0, 0.1) is 0 Å². The molecule has 0 aliphatic heterocycles. The van der Waals surface area contributed by atoms with Crippen molar-refractivity contribution in [3.8, 4) is 5.75 Å². The topological polar surface area (TPSA) is 18.5 Å². The molecule has 0 saturated carbocycles. The van der Waals surface area contributed by atoms with Crippen molar-refractivity contribution in [1.82, 2.24) is 0 Å². The molecule has 0 bridgehead atoms. The second kappa shape index (κ2) is 8.80. The summed E-state index contributed by atoms with van der Waals surface area (Å²) in [6.07, 6.45) is 0.783. The van der Waals surface area contributed by atoms with Crippen LogP contribution in [0.1, 0.15) is 58.2 Å². The highest BCUT2D eigenvalue weighted by Crippen LogP contribution is 2.43. The Morgan fingerprint density at radius 2 is 1.56 bits per heavy atom. The minimum absolute atomic E-state index is 0.0385. The van der Waals surface area contributed by atoms with Crippen molar-refractivity contribution in [2.24, 2.45) is 0 Å².